The second-order valence-electron chi connectivity index (χ2n) is 7.47. The van der Waals surface area contributed by atoms with E-state index in [0.717, 1.165) is 22.0 Å². The van der Waals surface area contributed by atoms with Crippen molar-refractivity contribution in [2.24, 2.45) is 4.99 Å². The van der Waals surface area contributed by atoms with Crippen molar-refractivity contribution in [1.29, 1.82) is 0 Å². The van der Waals surface area contributed by atoms with Crippen molar-refractivity contribution in [2.45, 2.75) is 6.42 Å². The smallest absolute Gasteiger partial charge is 0.227 e. The monoisotopic (exact) mass is 433 g/mol. The number of carbonyl (C=O) groups excluding carboxylic acids is 1. The van der Waals surface area contributed by atoms with Crippen LogP contribution < -0.4 is 9.47 Å². The summed E-state index contributed by atoms with van der Waals surface area (Å²) >= 11 is 1.63. The van der Waals surface area contributed by atoms with Crippen LogP contribution in [0.4, 0.5) is 5.69 Å². The second-order valence-corrected chi connectivity index (χ2v) is 8.50. The van der Waals surface area contributed by atoms with Crippen molar-refractivity contribution in [3.63, 3.8) is 0 Å². The minimum Gasteiger partial charge on any atom is -0.493 e. The van der Waals surface area contributed by atoms with Crippen LogP contribution in [0.5, 0.6) is 17.2 Å². The highest BCUT2D eigenvalue weighted by atomic mass is 32.1. The highest BCUT2D eigenvalue weighted by Gasteiger charge is 2.29. The van der Waals surface area contributed by atoms with Crippen LogP contribution in [0, 0.1) is 0 Å². The van der Waals surface area contributed by atoms with E-state index >= 15 is 0 Å². The van der Waals surface area contributed by atoms with Crippen LogP contribution in [0.15, 0.2) is 65.0 Å². The number of benzene rings is 2. The molecule has 1 fully saturated rings. The van der Waals surface area contributed by atoms with Gasteiger partial charge in [-0.3, -0.25) is 4.79 Å². The van der Waals surface area contributed by atoms with Gasteiger partial charge in [0, 0.05) is 31.1 Å². The van der Waals surface area contributed by atoms with E-state index in [1.807, 2.05) is 64.9 Å². The van der Waals surface area contributed by atoms with Gasteiger partial charge in [0.05, 0.1) is 19.1 Å². The van der Waals surface area contributed by atoms with Crippen LogP contribution in [-0.4, -0.2) is 54.8 Å². The van der Waals surface area contributed by atoms with Gasteiger partial charge in [-0.25, -0.2) is 4.99 Å². The molecule has 2 aliphatic heterocycles. The lowest BCUT2D eigenvalue weighted by Gasteiger charge is -2.36. The first-order valence-electron chi connectivity index (χ1n) is 10.3. The summed E-state index contributed by atoms with van der Waals surface area (Å²) in [5.41, 5.74) is 1.68. The van der Waals surface area contributed by atoms with Crippen LogP contribution in [0.1, 0.15) is 10.4 Å². The summed E-state index contributed by atoms with van der Waals surface area (Å²) in [6.45, 7) is 2.78. The van der Waals surface area contributed by atoms with Gasteiger partial charge in [0.2, 0.25) is 5.91 Å². The van der Waals surface area contributed by atoms with E-state index in [1.54, 1.807) is 18.4 Å². The predicted octanol–water partition coefficient (Wildman–Crippen LogP) is 4.33. The fourth-order valence-corrected chi connectivity index (χ4v) is 4.66. The SMILES string of the molecule is COc1cccc2c1Oc1ccccc1N=C2N1CCN(C(=O)Cc2cccs2)CC1. The van der Waals surface area contributed by atoms with Gasteiger partial charge < -0.3 is 19.3 Å². The minimum atomic E-state index is 0.181. The number of aliphatic imine (C=N–C) groups is 1. The van der Waals surface area contributed by atoms with Gasteiger partial charge >= 0.3 is 0 Å². The first kappa shape index (κ1) is 19.6. The zero-order valence-corrected chi connectivity index (χ0v) is 18.1. The number of thiophene rings is 1. The Bertz CT molecular complexity index is 1120. The van der Waals surface area contributed by atoms with Crippen LogP contribution >= 0.6 is 11.3 Å². The van der Waals surface area contributed by atoms with Crippen LogP contribution in [-0.2, 0) is 11.2 Å². The Hall–Kier alpha value is -3.32. The molecule has 2 aliphatic rings. The fraction of sp³-hybridized carbons (Fsp3) is 0.250. The molecule has 2 aromatic carbocycles. The lowest BCUT2D eigenvalue weighted by molar-refractivity contribution is -0.131. The van der Waals surface area contributed by atoms with Crippen LogP contribution in [0.3, 0.4) is 0 Å². The summed E-state index contributed by atoms with van der Waals surface area (Å²) in [5.74, 6) is 3.08. The maximum Gasteiger partial charge on any atom is 0.227 e. The summed E-state index contributed by atoms with van der Waals surface area (Å²) in [4.78, 5) is 23.0. The van der Waals surface area contributed by atoms with E-state index in [2.05, 4.69) is 4.90 Å². The number of rotatable bonds is 3. The molecule has 0 saturated carbocycles. The van der Waals surface area contributed by atoms with E-state index in [0.29, 0.717) is 49.8 Å². The van der Waals surface area contributed by atoms with E-state index < -0.39 is 0 Å². The summed E-state index contributed by atoms with van der Waals surface area (Å²) in [7, 11) is 1.64. The Morgan fingerprint density at radius 1 is 1.06 bits per heavy atom. The van der Waals surface area contributed by atoms with E-state index in [4.69, 9.17) is 14.5 Å². The molecule has 5 rings (SSSR count). The molecule has 1 saturated heterocycles. The average Bonchev–Trinajstić information content (AvgIpc) is 3.25. The van der Waals surface area contributed by atoms with Crippen LogP contribution in [0.2, 0.25) is 0 Å². The van der Waals surface area contributed by atoms with E-state index in [9.17, 15) is 4.79 Å². The molecule has 3 aromatic rings. The molecule has 0 N–H and O–H groups in total. The average molecular weight is 434 g/mol. The molecule has 0 aliphatic carbocycles. The summed E-state index contributed by atoms with van der Waals surface area (Å²) in [6, 6.07) is 17.6. The molecule has 0 atom stereocenters. The highest BCUT2D eigenvalue weighted by Crippen LogP contribution is 2.42. The first-order chi connectivity index (χ1) is 15.2. The molecule has 31 heavy (non-hydrogen) atoms. The maximum atomic E-state index is 12.7. The van der Waals surface area contributed by atoms with Crippen molar-refractivity contribution >= 4 is 28.8 Å². The number of ether oxygens (including phenoxy) is 2. The van der Waals surface area contributed by atoms with Gasteiger partial charge in [-0.2, -0.15) is 0 Å². The minimum absolute atomic E-state index is 0.181. The van der Waals surface area contributed by atoms with Crippen molar-refractivity contribution < 1.29 is 14.3 Å². The van der Waals surface area contributed by atoms with E-state index in [-0.39, 0.29) is 5.91 Å². The standard InChI is InChI=1S/C24H23N3O3S/c1-29-21-10-4-7-18-23(21)30-20-9-3-2-8-19(20)25-24(18)27-13-11-26(12-14-27)22(28)16-17-6-5-15-31-17/h2-10,15H,11-14,16H2,1H3. The fourth-order valence-electron chi connectivity index (χ4n) is 3.96. The first-order valence-corrected chi connectivity index (χ1v) is 11.2. The van der Waals surface area contributed by atoms with Gasteiger partial charge in [-0.1, -0.05) is 24.3 Å². The lowest BCUT2D eigenvalue weighted by atomic mass is 10.1. The third-order valence-electron chi connectivity index (χ3n) is 5.58. The summed E-state index contributed by atoms with van der Waals surface area (Å²) in [6.07, 6.45) is 0.472. The quantitative estimate of drug-likeness (QED) is 0.617. The summed E-state index contributed by atoms with van der Waals surface area (Å²) in [5, 5.41) is 2.01. The number of nitrogens with zero attached hydrogens (tertiary/aromatic N) is 3. The Labute approximate surface area is 185 Å². The second kappa shape index (κ2) is 8.43. The predicted molar refractivity (Wildman–Crippen MR) is 122 cm³/mol. The number of carbonyl (C=O) groups is 1. The van der Waals surface area contributed by atoms with E-state index in [1.165, 1.54) is 0 Å². The van der Waals surface area contributed by atoms with Gasteiger partial charge in [0.25, 0.3) is 0 Å². The number of amides is 1. The molecule has 0 unspecified atom stereocenters. The Morgan fingerprint density at radius 3 is 2.68 bits per heavy atom. The Morgan fingerprint density at radius 2 is 1.90 bits per heavy atom. The van der Waals surface area contributed by atoms with Gasteiger partial charge in [-0.05, 0) is 35.7 Å². The third kappa shape index (κ3) is 3.88. The van der Waals surface area contributed by atoms with Crippen LogP contribution in [0.25, 0.3) is 0 Å². The number of para-hydroxylation sites is 3. The van der Waals surface area contributed by atoms with Crippen molar-refractivity contribution in [2.75, 3.05) is 33.3 Å². The third-order valence-corrected chi connectivity index (χ3v) is 6.46. The normalized spacial score (nSPS) is 15.3. The van der Waals surface area contributed by atoms with Gasteiger partial charge in [0.1, 0.15) is 11.5 Å². The molecule has 7 heteroatoms. The molecule has 0 radical (unpaired) electrons. The summed E-state index contributed by atoms with van der Waals surface area (Å²) < 4.78 is 11.8. The van der Waals surface area contributed by atoms with Gasteiger partial charge in [-0.15, -0.1) is 11.3 Å². The Kier molecular flexibility index (Phi) is 5.34. The zero-order valence-electron chi connectivity index (χ0n) is 17.3. The number of piperazine rings is 1. The highest BCUT2D eigenvalue weighted by molar-refractivity contribution is 7.10. The topological polar surface area (TPSA) is 54.4 Å². The van der Waals surface area contributed by atoms with Gasteiger partial charge in [0.15, 0.2) is 17.2 Å². The molecule has 0 bridgehead atoms. The molecule has 1 aromatic heterocycles. The molecule has 6 nitrogen and oxygen atoms in total. The van der Waals surface area contributed by atoms with Crippen molar-refractivity contribution in [3.05, 3.63) is 70.4 Å². The maximum absolute atomic E-state index is 12.7. The number of fused-ring (bicyclic) bond motifs is 2. The van der Waals surface area contributed by atoms with Crippen molar-refractivity contribution in [3.8, 4) is 17.2 Å². The molecule has 0 spiro atoms. The molecular weight excluding hydrogens is 410 g/mol. The number of methoxy groups -OCH3 is 1. The lowest BCUT2D eigenvalue weighted by Crippen LogP contribution is -2.51. The molecular formula is C24H23N3O3S. The zero-order chi connectivity index (χ0) is 21.2. The molecule has 3 heterocycles. The molecule has 1 amide bonds. The molecule has 158 valence electrons. The number of amidine groups is 1. The number of hydrogen-bond acceptors (Lipinski definition) is 6. The Balaban J connectivity index is 1.41. The number of hydrogen-bond donors (Lipinski definition) is 0. The van der Waals surface area contributed by atoms with Crippen molar-refractivity contribution in [1.82, 2.24) is 9.80 Å². The largest absolute Gasteiger partial charge is 0.493 e.